The van der Waals surface area contributed by atoms with E-state index in [-0.39, 0.29) is 11.7 Å². The first-order valence-corrected chi connectivity index (χ1v) is 11.8. The van der Waals surface area contributed by atoms with Crippen LogP contribution >= 0.6 is 23.5 Å². The monoisotopic (exact) mass is 444 g/mol. The lowest BCUT2D eigenvalue weighted by molar-refractivity contribution is -0.115. The van der Waals surface area contributed by atoms with E-state index >= 15 is 0 Å². The van der Waals surface area contributed by atoms with Gasteiger partial charge in [0.1, 0.15) is 5.82 Å². The molecular formula is C22H25FN4OS2. The number of carbonyl (C=O) groups excluding carboxylic acids is 1. The lowest BCUT2D eigenvalue weighted by Gasteiger charge is -2.16. The third-order valence-corrected chi connectivity index (χ3v) is 6.27. The molecule has 0 radical (unpaired) electrons. The first kappa shape index (κ1) is 22.4. The number of carbonyl (C=O) groups is 1. The number of nitrogens with zero attached hydrogens (tertiary/aromatic N) is 3. The zero-order valence-electron chi connectivity index (χ0n) is 17.4. The van der Waals surface area contributed by atoms with Crippen molar-refractivity contribution in [1.29, 1.82) is 0 Å². The van der Waals surface area contributed by atoms with E-state index in [1.54, 1.807) is 30.0 Å². The van der Waals surface area contributed by atoms with E-state index in [9.17, 15) is 9.18 Å². The number of hydrogen-bond acceptors (Lipinski definition) is 5. The van der Waals surface area contributed by atoms with Crippen molar-refractivity contribution in [3.63, 3.8) is 0 Å². The molecule has 1 atom stereocenters. The minimum absolute atomic E-state index is 0.118. The van der Waals surface area contributed by atoms with Gasteiger partial charge in [-0.25, -0.2) is 4.39 Å². The molecule has 0 aliphatic rings. The van der Waals surface area contributed by atoms with Crippen LogP contribution in [-0.2, 0) is 11.3 Å². The average Bonchev–Trinajstić information content (AvgIpc) is 3.10. The maximum atomic E-state index is 14.4. The first-order valence-electron chi connectivity index (χ1n) is 9.69. The molecule has 0 saturated carbocycles. The lowest BCUT2D eigenvalue weighted by Crippen LogP contribution is -2.23. The fraction of sp³-hybridized carbons (Fsp3) is 0.318. The maximum absolute atomic E-state index is 14.4. The Hall–Kier alpha value is -2.32. The van der Waals surface area contributed by atoms with Gasteiger partial charge in [0.15, 0.2) is 11.0 Å². The van der Waals surface area contributed by atoms with Crippen molar-refractivity contribution in [3.05, 3.63) is 54.3 Å². The Bertz CT molecular complexity index is 1020. The van der Waals surface area contributed by atoms with Crippen LogP contribution in [0.1, 0.15) is 20.8 Å². The highest BCUT2D eigenvalue weighted by atomic mass is 32.2. The van der Waals surface area contributed by atoms with Crippen molar-refractivity contribution in [1.82, 2.24) is 14.8 Å². The highest BCUT2D eigenvalue weighted by Crippen LogP contribution is 2.30. The van der Waals surface area contributed by atoms with Crippen LogP contribution in [0.4, 0.5) is 10.1 Å². The smallest absolute Gasteiger partial charge is 0.237 e. The topological polar surface area (TPSA) is 59.8 Å². The third-order valence-electron chi connectivity index (χ3n) is 4.40. The molecule has 3 aromatic rings. The minimum atomic E-state index is -0.400. The normalized spacial score (nSPS) is 12.2. The number of hydrogen-bond donors (Lipinski definition) is 1. The molecule has 1 heterocycles. The van der Waals surface area contributed by atoms with E-state index in [1.807, 2.05) is 42.0 Å². The summed E-state index contributed by atoms with van der Waals surface area (Å²) >= 11 is 2.90. The molecular weight excluding hydrogens is 419 g/mol. The second-order valence-electron chi connectivity index (χ2n) is 7.24. The zero-order chi connectivity index (χ0) is 21.7. The lowest BCUT2D eigenvalue weighted by atomic mass is 10.2. The predicted octanol–water partition coefficient (Wildman–Crippen LogP) is 5.58. The summed E-state index contributed by atoms with van der Waals surface area (Å²) < 4.78 is 16.2. The summed E-state index contributed by atoms with van der Waals surface area (Å²) in [5.74, 6) is 0.326. The van der Waals surface area contributed by atoms with E-state index in [2.05, 4.69) is 29.4 Å². The molecule has 2 aromatic carbocycles. The molecule has 0 spiro atoms. The number of halogens is 1. The Morgan fingerprint density at radius 2 is 1.80 bits per heavy atom. The number of rotatable bonds is 8. The van der Waals surface area contributed by atoms with E-state index in [0.29, 0.717) is 29.0 Å². The molecule has 0 bridgehead atoms. The van der Waals surface area contributed by atoms with Gasteiger partial charge in [0.25, 0.3) is 0 Å². The SMILES string of the molecule is CSc1ccccc1NC(=O)C(C)Sc1nnc(-c2ccccc2F)n1CC(C)C. The van der Waals surface area contributed by atoms with Crippen molar-refractivity contribution in [2.45, 2.75) is 42.6 Å². The van der Waals surface area contributed by atoms with Gasteiger partial charge >= 0.3 is 0 Å². The summed E-state index contributed by atoms with van der Waals surface area (Å²) in [5, 5.41) is 11.7. The number of aromatic nitrogens is 3. The Balaban J connectivity index is 1.83. The van der Waals surface area contributed by atoms with Crippen molar-refractivity contribution in [3.8, 4) is 11.4 Å². The van der Waals surface area contributed by atoms with Gasteiger partial charge < -0.3 is 9.88 Å². The molecule has 1 N–H and O–H groups in total. The van der Waals surface area contributed by atoms with Gasteiger partial charge in [0, 0.05) is 11.4 Å². The fourth-order valence-electron chi connectivity index (χ4n) is 2.94. The number of anilines is 1. The summed E-state index contributed by atoms with van der Waals surface area (Å²) in [6.07, 6.45) is 1.97. The van der Waals surface area contributed by atoms with Gasteiger partial charge in [-0.05, 0) is 43.4 Å². The summed E-state index contributed by atoms with van der Waals surface area (Å²) in [6.45, 7) is 6.62. The van der Waals surface area contributed by atoms with E-state index in [0.717, 1.165) is 10.6 Å². The molecule has 3 rings (SSSR count). The third kappa shape index (κ3) is 5.23. The van der Waals surface area contributed by atoms with Crippen LogP contribution in [0.3, 0.4) is 0 Å². The predicted molar refractivity (Wildman–Crippen MR) is 122 cm³/mol. The minimum Gasteiger partial charge on any atom is -0.324 e. The number of thioether (sulfide) groups is 2. The highest BCUT2D eigenvalue weighted by Gasteiger charge is 2.23. The molecule has 5 nitrogen and oxygen atoms in total. The van der Waals surface area contributed by atoms with Crippen LogP contribution in [0.2, 0.25) is 0 Å². The van der Waals surface area contributed by atoms with Crippen LogP contribution in [0.15, 0.2) is 58.6 Å². The highest BCUT2D eigenvalue weighted by molar-refractivity contribution is 8.00. The van der Waals surface area contributed by atoms with Crippen molar-refractivity contribution >= 4 is 35.1 Å². The summed E-state index contributed by atoms with van der Waals surface area (Å²) in [4.78, 5) is 13.8. The van der Waals surface area contributed by atoms with E-state index in [1.165, 1.54) is 17.8 Å². The Kier molecular flexibility index (Phi) is 7.55. The quantitative estimate of drug-likeness (QED) is 0.460. The van der Waals surface area contributed by atoms with Crippen LogP contribution in [-0.4, -0.2) is 32.2 Å². The summed E-state index contributed by atoms with van der Waals surface area (Å²) in [6, 6.07) is 14.2. The maximum Gasteiger partial charge on any atom is 0.237 e. The van der Waals surface area contributed by atoms with Crippen LogP contribution in [0.5, 0.6) is 0 Å². The Morgan fingerprint density at radius 1 is 1.10 bits per heavy atom. The summed E-state index contributed by atoms with van der Waals surface area (Å²) in [5.41, 5.74) is 1.20. The van der Waals surface area contributed by atoms with Gasteiger partial charge in [-0.1, -0.05) is 49.9 Å². The molecule has 0 saturated heterocycles. The largest absolute Gasteiger partial charge is 0.324 e. The van der Waals surface area contributed by atoms with Crippen molar-refractivity contribution < 1.29 is 9.18 Å². The molecule has 0 aliphatic carbocycles. The van der Waals surface area contributed by atoms with Crippen LogP contribution < -0.4 is 5.32 Å². The molecule has 1 unspecified atom stereocenters. The molecule has 0 aliphatic heterocycles. The van der Waals surface area contributed by atoms with E-state index in [4.69, 9.17) is 0 Å². The second kappa shape index (κ2) is 10.1. The molecule has 0 fully saturated rings. The second-order valence-corrected chi connectivity index (χ2v) is 9.40. The van der Waals surface area contributed by atoms with Gasteiger partial charge in [0.05, 0.1) is 16.5 Å². The fourth-order valence-corrected chi connectivity index (χ4v) is 4.35. The molecule has 30 heavy (non-hydrogen) atoms. The molecule has 1 aromatic heterocycles. The van der Waals surface area contributed by atoms with Crippen LogP contribution in [0, 0.1) is 11.7 Å². The Morgan fingerprint density at radius 3 is 2.50 bits per heavy atom. The number of benzene rings is 2. The van der Waals surface area contributed by atoms with Gasteiger partial charge in [0.2, 0.25) is 5.91 Å². The first-order chi connectivity index (χ1) is 14.4. The molecule has 158 valence electrons. The Labute approximate surface area is 184 Å². The standard InChI is InChI=1S/C22H25FN4OS2/c1-14(2)13-27-20(16-9-5-6-10-17(16)23)25-26-22(27)30-15(3)21(28)24-18-11-7-8-12-19(18)29-4/h5-12,14-15H,13H2,1-4H3,(H,24,28). The van der Waals surface area contributed by atoms with Gasteiger partial charge in [-0.2, -0.15) is 0 Å². The number of amides is 1. The average molecular weight is 445 g/mol. The number of nitrogens with one attached hydrogen (secondary N) is 1. The van der Waals surface area contributed by atoms with E-state index < -0.39 is 5.25 Å². The van der Waals surface area contributed by atoms with Gasteiger partial charge in [-0.15, -0.1) is 22.0 Å². The van der Waals surface area contributed by atoms with Crippen LogP contribution in [0.25, 0.3) is 11.4 Å². The van der Waals surface area contributed by atoms with Gasteiger partial charge in [-0.3, -0.25) is 4.79 Å². The zero-order valence-corrected chi connectivity index (χ0v) is 19.1. The van der Waals surface area contributed by atoms with Crippen molar-refractivity contribution in [2.75, 3.05) is 11.6 Å². The molecule has 1 amide bonds. The summed E-state index contributed by atoms with van der Waals surface area (Å²) in [7, 11) is 0. The van der Waals surface area contributed by atoms with Crippen molar-refractivity contribution in [2.24, 2.45) is 5.92 Å². The molecule has 8 heteroatoms. The number of para-hydroxylation sites is 1.